The van der Waals surface area contributed by atoms with Gasteiger partial charge in [-0.1, -0.05) is 6.92 Å². The number of carbonyl (C=O) groups is 2. The summed E-state index contributed by atoms with van der Waals surface area (Å²) in [5, 5.41) is 11.8. The Hall–Kier alpha value is -1.58. The van der Waals surface area contributed by atoms with E-state index in [1.807, 2.05) is 0 Å². The van der Waals surface area contributed by atoms with Crippen LogP contribution in [0.15, 0.2) is 0 Å². The van der Waals surface area contributed by atoms with Crippen molar-refractivity contribution in [2.45, 2.75) is 89.8 Å². The minimum atomic E-state index is -0.415. The zero-order valence-electron chi connectivity index (χ0n) is 28.3. The van der Waals surface area contributed by atoms with E-state index < -0.39 is 6.09 Å². The number of nitrogens with one attached hydrogen (secondary N) is 1. The number of unbranched alkanes of at least 4 members (excludes halogenated alkanes) is 2. The van der Waals surface area contributed by atoms with E-state index in [4.69, 9.17) is 47.7 Å². The number of hydrogen-bond acceptors (Lipinski definition) is 12. The number of aliphatic hydroxyl groups excluding tert-OH is 1. The molecule has 0 bridgehead atoms. The van der Waals surface area contributed by atoms with E-state index in [0.717, 1.165) is 77.4 Å². The first kappa shape index (κ1) is 42.4. The lowest BCUT2D eigenvalue weighted by Gasteiger charge is -2.29. The summed E-state index contributed by atoms with van der Waals surface area (Å²) in [6.45, 7) is 11.1. The van der Waals surface area contributed by atoms with Crippen LogP contribution in [0.2, 0.25) is 0 Å². The maximum Gasteiger partial charge on any atom is 0.407 e. The summed E-state index contributed by atoms with van der Waals surface area (Å²) in [5.74, 6) is 0.521. The quantitative estimate of drug-likeness (QED) is 0.0763. The van der Waals surface area contributed by atoms with Crippen molar-refractivity contribution in [3.05, 3.63) is 0 Å². The molecular formula is C33H63NO12. The molecule has 2 N–H and O–H groups in total. The molecule has 1 fully saturated rings. The number of carbonyl (C=O) groups excluding carboxylic acids is 2. The molecule has 0 aliphatic heterocycles. The van der Waals surface area contributed by atoms with Crippen molar-refractivity contribution < 1.29 is 57.3 Å². The molecule has 0 aromatic heterocycles. The van der Waals surface area contributed by atoms with E-state index in [2.05, 4.69) is 12.2 Å². The zero-order valence-corrected chi connectivity index (χ0v) is 28.3. The van der Waals surface area contributed by atoms with Crippen molar-refractivity contribution in [3.63, 3.8) is 0 Å². The van der Waals surface area contributed by atoms with E-state index in [1.165, 1.54) is 0 Å². The first-order chi connectivity index (χ1) is 22.7. The number of aliphatic hydroxyl groups is 1. The van der Waals surface area contributed by atoms with Crippen LogP contribution < -0.4 is 5.32 Å². The van der Waals surface area contributed by atoms with Gasteiger partial charge in [0.15, 0.2) is 0 Å². The predicted molar refractivity (Wildman–Crippen MR) is 172 cm³/mol. The second-order valence-corrected chi connectivity index (χ2v) is 11.3. The van der Waals surface area contributed by atoms with Crippen LogP contribution in [-0.2, 0) is 47.4 Å². The zero-order chi connectivity index (χ0) is 33.2. The first-order valence-corrected chi connectivity index (χ1v) is 17.4. The molecule has 0 heterocycles. The predicted octanol–water partition coefficient (Wildman–Crippen LogP) is 3.67. The summed E-state index contributed by atoms with van der Waals surface area (Å²) in [4.78, 5) is 22.6. The SMILES string of the molecule is CCCOCCOCCOCCOCCCCCOCCOCCOCCNC(=O)OC1CCC(CCC(CCO)OC=O)CC1. The molecule has 1 unspecified atom stereocenters. The van der Waals surface area contributed by atoms with E-state index in [9.17, 15) is 9.59 Å². The Kier molecular flexibility index (Phi) is 30.7. The molecule has 46 heavy (non-hydrogen) atoms. The fourth-order valence-electron chi connectivity index (χ4n) is 4.91. The Morgan fingerprint density at radius 1 is 0.696 bits per heavy atom. The van der Waals surface area contributed by atoms with Crippen molar-refractivity contribution >= 4 is 12.6 Å². The molecule has 0 saturated heterocycles. The summed E-state index contributed by atoms with van der Waals surface area (Å²) in [5.41, 5.74) is 0. The third-order valence-corrected chi connectivity index (χ3v) is 7.47. The highest BCUT2D eigenvalue weighted by molar-refractivity contribution is 5.67. The summed E-state index contributed by atoms with van der Waals surface area (Å²) < 4.78 is 49.0. The standard InChI is InChI=1S/C33H63NO12/c1-2-15-38-19-23-42-27-28-44-25-21-40-17-5-3-4-16-39-20-24-43-26-22-41-18-13-34-33(37)46-32-10-7-30(8-11-32)6-9-31(12-14-35)45-29-36/h29-32,35H,2-28H2,1H3,(H,34,37). The third kappa shape index (κ3) is 27.5. The summed E-state index contributed by atoms with van der Waals surface area (Å²) in [6, 6.07) is 0. The van der Waals surface area contributed by atoms with Gasteiger partial charge in [0.2, 0.25) is 0 Å². The van der Waals surface area contributed by atoms with Crippen LogP contribution in [0.5, 0.6) is 0 Å². The van der Waals surface area contributed by atoms with Crippen LogP contribution in [-0.4, -0.2) is 136 Å². The van der Waals surface area contributed by atoms with Gasteiger partial charge >= 0.3 is 6.09 Å². The molecule has 1 rings (SSSR count). The topological polar surface area (TPSA) is 149 Å². The van der Waals surface area contributed by atoms with Gasteiger partial charge in [-0.25, -0.2) is 4.79 Å². The smallest absolute Gasteiger partial charge is 0.407 e. The largest absolute Gasteiger partial charge is 0.464 e. The van der Waals surface area contributed by atoms with Crippen LogP contribution in [0.4, 0.5) is 4.79 Å². The van der Waals surface area contributed by atoms with Gasteiger partial charge in [0.25, 0.3) is 6.47 Å². The van der Waals surface area contributed by atoms with E-state index >= 15 is 0 Å². The second-order valence-electron chi connectivity index (χ2n) is 11.3. The van der Waals surface area contributed by atoms with Gasteiger partial charge in [-0.3, -0.25) is 4.79 Å². The number of alkyl carbamates (subject to hydrolysis) is 1. The molecule has 13 nitrogen and oxygen atoms in total. The monoisotopic (exact) mass is 665 g/mol. The number of hydrogen-bond donors (Lipinski definition) is 2. The minimum absolute atomic E-state index is 0.00764. The Labute approximate surface area is 276 Å². The second kappa shape index (κ2) is 33.3. The van der Waals surface area contributed by atoms with Gasteiger partial charge in [0, 0.05) is 39.4 Å². The molecule has 1 amide bonds. The van der Waals surface area contributed by atoms with Crippen LogP contribution in [0.3, 0.4) is 0 Å². The van der Waals surface area contributed by atoms with Gasteiger partial charge in [-0.15, -0.1) is 0 Å². The van der Waals surface area contributed by atoms with E-state index in [0.29, 0.717) is 105 Å². The highest BCUT2D eigenvalue weighted by Gasteiger charge is 2.24. The van der Waals surface area contributed by atoms with Gasteiger partial charge < -0.3 is 53.1 Å². The Balaban J connectivity index is 1.76. The molecule has 1 aliphatic rings. The summed E-state index contributed by atoms with van der Waals surface area (Å²) in [6.07, 6.45) is 9.11. The Morgan fingerprint density at radius 3 is 1.70 bits per heavy atom. The fraction of sp³-hybridized carbons (Fsp3) is 0.939. The molecule has 1 aliphatic carbocycles. The Bertz CT molecular complexity index is 667. The Morgan fingerprint density at radius 2 is 1.20 bits per heavy atom. The number of amides is 1. The molecule has 13 heteroatoms. The van der Waals surface area contributed by atoms with Gasteiger partial charge in [0.05, 0.1) is 72.7 Å². The molecular weight excluding hydrogens is 602 g/mol. The van der Waals surface area contributed by atoms with Crippen molar-refractivity contribution in [2.24, 2.45) is 5.92 Å². The molecule has 0 aromatic rings. The maximum atomic E-state index is 12.1. The minimum Gasteiger partial charge on any atom is -0.464 e. The van der Waals surface area contributed by atoms with Crippen molar-refractivity contribution in [1.29, 1.82) is 0 Å². The van der Waals surface area contributed by atoms with E-state index in [-0.39, 0.29) is 18.8 Å². The normalized spacial score (nSPS) is 17.1. The average molecular weight is 666 g/mol. The number of rotatable bonds is 34. The van der Waals surface area contributed by atoms with Crippen molar-refractivity contribution in [1.82, 2.24) is 5.32 Å². The molecule has 1 atom stereocenters. The third-order valence-electron chi connectivity index (χ3n) is 7.47. The number of ether oxygens (including phenoxy) is 9. The lowest BCUT2D eigenvalue weighted by Crippen LogP contribution is -2.33. The van der Waals surface area contributed by atoms with Gasteiger partial charge in [-0.2, -0.15) is 0 Å². The summed E-state index contributed by atoms with van der Waals surface area (Å²) >= 11 is 0. The molecule has 1 saturated carbocycles. The van der Waals surface area contributed by atoms with Gasteiger partial charge in [0.1, 0.15) is 12.2 Å². The molecule has 0 radical (unpaired) electrons. The van der Waals surface area contributed by atoms with Crippen molar-refractivity contribution in [3.8, 4) is 0 Å². The maximum absolute atomic E-state index is 12.1. The highest BCUT2D eigenvalue weighted by Crippen LogP contribution is 2.30. The average Bonchev–Trinajstić information content (AvgIpc) is 3.06. The highest BCUT2D eigenvalue weighted by atomic mass is 16.6. The van der Waals surface area contributed by atoms with Gasteiger partial charge in [-0.05, 0) is 70.1 Å². The van der Waals surface area contributed by atoms with Crippen molar-refractivity contribution in [2.75, 3.05) is 106 Å². The molecule has 272 valence electrons. The molecule has 0 spiro atoms. The summed E-state index contributed by atoms with van der Waals surface area (Å²) in [7, 11) is 0. The lowest BCUT2D eigenvalue weighted by molar-refractivity contribution is -0.134. The first-order valence-electron chi connectivity index (χ1n) is 17.4. The van der Waals surface area contributed by atoms with Crippen LogP contribution in [0, 0.1) is 5.92 Å². The fourth-order valence-corrected chi connectivity index (χ4v) is 4.91. The van der Waals surface area contributed by atoms with Crippen LogP contribution in [0.1, 0.15) is 77.6 Å². The molecule has 0 aromatic carbocycles. The van der Waals surface area contributed by atoms with E-state index in [1.54, 1.807) is 0 Å². The van der Waals surface area contributed by atoms with Crippen LogP contribution >= 0.6 is 0 Å². The van der Waals surface area contributed by atoms with Crippen LogP contribution in [0.25, 0.3) is 0 Å². The lowest BCUT2D eigenvalue weighted by atomic mass is 9.84.